The van der Waals surface area contributed by atoms with E-state index in [9.17, 15) is 8.42 Å². The van der Waals surface area contributed by atoms with Gasteiger partial charge in [-0.1, -0.05) is 64.1 Å². The Morgan fingerprint density at radius 2 is 1.44 bits per heavy atom. The van der Waals surface area contributed by atoms with Crippen molar-refractivity contribution in [2.24, 2.45) is 0 Å². The highest BCUT2D eigenvalue weighted by atomic mass is 32.2. The van der Waals surface area contributed by atoms with Crippen molar-refractivity contribution < 1.29 is 8.42 Å². The van der Waals surface area contributed by atoms with E-state index in [1.165, 1.54) is 41.4 Å². The van der Waals surface area contributed by atoms with E-state index < -0.39 is 9.84 Å². The normalized spacial score (nSPS) is 18.8. The van der Waals surface area contributed by atoms with Gasteiger partial charge in [-0.2, -0.15) is 0 Å². The molecule has 2 nitrogen and oxygen atoms in total. The molecule has 3 heteroatoms. The minimum absolute atomic E-state index is 0.193. The first-order valence-corrected chi connectivity index (χ1v) is 11.4. The lowest BCUT2D eigenvalue weighted by atomic mass is 9.63. The van der Waals surface area contributed by atoms with Gasteiger partial charge in [0.1, 0.15) is 0 Å². The second-order valence-electron chi connectivity index (χ2n) is 9.20. The minimum atomic E-state index is -3.16. The molecule has 0 saturated carbocycles. The SMILES string of the molecule is C/C(=C/c1ccc(S(C)(=O)=O)cc1)c1ccc2c(c1)C(C)(C)CCC2(C)C. The smallest absolute Gasteiger partial charge is 0.175 e. The maximum atomic E-state index is 11.6. The van der Waals surface area contributed by atoms with E-state index in [0.717, 1.165) is 5.56 Å². The third kappa shape index (κ3) is 4.03. The summed E-state index contributed by atoms with van der Waals surface area (Å²) in [5.41, 5.74) is 6.76. The lowest BCUT2D eigenvalue weighted by molar-refractivity contribution is 0.332. The lowest BCUT2D eigenvalue weighted by Crippen LogP contribution is -2.33. The van der Waals surface area contributed by atoms with E-state index in [0.29, 0.717) is 4.90 Å². The van der Waals surface area contributed by atoms with Gasteiger partial charge in [0.2, 0.25) is 0 Å². The second kappa shape index (κ2) is 6.63. The van der Waals surface area contributed by atoms with Gasteiger partial charge in [0.05, 0.1) is 4.90 Å². The summed E-state index contributed by atoms with van der Waals surface area (Å²) >= 11 is 0. The fraction of sp³-hybridized carbons (Fsp3) is 0.417. The second-order valence-corrected chi connectivity index (χ2v) is 11.2. The van der Waals surface area contributed by atoms with Crippen LogP contribution in [0.2, 0.25) is 0 Å². The Morgan fingerprint density at radius 1 is 0.889 bits per heavy atom. The van der Waals surface area contributed by atoms with Gasteiger partial charge in [0, 0.05) is 6.26 Å². The number of fused-ring (bicyclic) bond motifs is 1. The highest BCUT2D eigenvalue weighted by molar-refractivity contribution is 7.90. The van der Waals surface area contributed by atoms with E-state index in [1.54, 1.807) is 12.1 Å². The van der Waals surface area contributed by atoms with Crippen molar-refractivity contribution >= 4 is 21.5 Å². The molecular formula is C24H30O2S. The van der Waals surface area contributed by atoms with E-state index in [2.05, 4.69) is 58.9 Å². The van der Waals surface area contributed by atoms with Crippen LogP contribution in [0.3, 0.4) is 0 Å². The van der Waals surface area contributed by atoms with E-state index >= 15 is 0 Å². The molecule has 0 unspecified atom stereocenters. The Kier molecular flexibility index (Phi) is 4.88. The van der Waals surface area contributed by atoms with E-state index in [4.69, 9.17) is 0 Å². The van der Waals surface area contributed by atoms with Crippen LogP contribution in [0, 0.1) is 0 Å². The summed E-state index contributed by atoms with van der Waals surface area (Å²) < 4.78 is 23.2. The Morgan fingerprint density at radius 3 is 2.00 bits per heavy atom. The maximum absolute atomic E-state index is 11.6. The number of rotatable bonds is 3. The zero-order valence-electron chi connectivity index (χ0n) is 17.3. The van der Waals surface area contributed by atoms with Gasteiger partial charge in [-0.25, -0.2) is 8.42 Å². The molecule has 0 amide bonds. The molecule has 0 N–H and O–H groups in total. The minimum Gasteiger partial charge on any atom is -0.224 e. The van der Waals surface area contributed by atoms with Crippen LogP contribution in [0.1, 0.15) is 69.7 Å². The van der Waals surface area contributed by atoms with Gasteiger partial charge in [-0.05, 0) is 70.6 Å². The maximum Gasteiger partial charge on any atom is 0.175 e. The molecule has 2 aromatic carbocycles. The highest BCUT2D eigenvalue weighted by Gasteiger charge is 2.36. The van der Waals surface area contributed by atoms with Crippen molar-refractivity contribution in [2.75, 3.05) is 6.26 Å². The summed E-state index contributed by atoms with van der Waals surface area (Å²) in [5, 5.41) is 0. The standard InChI is InChI=1S/C24H30O2S/c1-17(15-18-7-10-20(11-8-18)27(6,25)26)19-9-12-21-22(16-19)24(4,5)14-13-23(21,2)3/h7-12,15-16H,13-14H2,1-6H3/b17-15-. The van der Waals surface area contributed by atoms with Gasteiger partial charge in [0.15, 0.2) is 9.84 Å². The molecule has 1 aliphatic rings. The molecule has 0 spiro atoms. The van der Waals surface area contributed by atoms with Gasteiger partial charge < -0.3 is 0 Å². The van der Waals surface area contributed by atoms with Crippen molar-refractivity contribution in [3.05, 3.63) is 64.7 Å². The van der Waals surface area contributed by atoms with E-state index in [-0.39, 0.29) is 10.8 Å². The Balaban J connectivity index is 1.98. The number of sulfone groups is 1. The third-order valence-corrected chi connectivity index (χ3v) is 7.13. The van der Waals surface area contributed by atoms with Gasteiger partial charge in [-0.3, -0.25) is 0 Å². The quantitative estimate of drug-likeness (QED) is 0.610. The number of hydrogen-bond acceptors (Lipinski definition) is 2. The molecule has 1 aliphatic carbocycles. The molecule has 144 valence electrons. The van der Waals surface area contributed by atoms with Crippen molar-refractivity contribution in [2.45, 2.75) is 63.2 Å². The number of allylic oxidation sites excluding steroid dienone is 1. The third-order valence-electron chi connectivity index (χ3n) is 6.00. The molecule has 0 fully saturated rings. The van der Waals surface area contributed by atoms with Crippen LogP contribution in [-0.2, 0) is 20.7 Å². The van der Waals surface area contributed by atoms with E-state index in [1.807, 2.05) is 12.1 Å². The Hall–Kier alpha value is -1.87. The zero-order chi connectivity index (χ0) is 20.0. The highest BCUT2D eigenvalue weighted by Crippen LogP contribution is 2.46. The van der Waals surface area contributed by atoms with Crippen LogP contribution in [-0.4, -0.2) is 14.7 Å². The zero-order valence-corrected chi connectivity index (χ0v) is 18.1. The molecular weight excluding hydrogens is 352 g/mol. The molecule has 0 radical (unpaired) electrons. The van der Waals surface area contributed by atoms with Crippen LogP contribution < -0.4 is 0 Å². The predicted octanol–water partition coefficient (Wildman–Crippen LogP) is 6.00. The van der Waals surface area contributed by atoms with Gasteiger partial charge >= 0.3 is 0 Å². The van der Waals surface area contributed by atoms with Crippen LogP contribution in [0.15, 0.2) is 47.4 Å². The Bertz CT molecular complexity index is 991. The van der Waals surface area contributed by atoms with Gasteiger partial charge in [-0.15, -0.1) is 0 Å². The van der Waals surface area contributed by atoms with Gasteiger partial charge in [0.25, 0.3) is 0 Å². The molecule has 0 saturated heterocycles. The largest absolute Gasteiger partial charge is 0.224 e. The molecule has 3 rings (SSSR count). The average Bonchev–Trinajstić information content (AvgIpc) is 2.58. The fourth-order valence-corrected chi connectivity index (χ4v) is 4.61. The van der Waals surface area contributed by atoms with Crippen LogP contribution in [0.4, 0.5) is 0 Å². The summed E-state index contributed by atoms with van der Waals surface area (Å²) in [4.78, 5) is 0.357. The summed E-state index contributed by atoms with van der Waals surface area (Å²) in [6.45, 7) is 11.5. The topological polar surface area (TPSA) is 34.1 Å². The molecule has 0 aromatic heterocycles. The summed E-state index contributed by atoms with van der Waals surface area (Å²) in [5.74, 6) is 0. The average molecular weight is 383 g/mol. The van der Waals surface area contributed by atoms with Crippen LogP contribution in [0.5, 0.6) is 0 Å². The first-order valence-electron chi connectivity index (χ1n) is 9.54. The first-order chi connectivity index (χ1) is 12.4. The van der Waals surface area contributed by atoms with Crippen molar-refractivity contribution in [1.29, 1.82) is 0 Å². The van der Waals surface area contributed by atoms with Crippen molar-refractivity contribution in [1.82, 2.24) is 0 Å². The molecule has 0 atom stereocenters. The predicted molar refractivity (Wildman–Crippen MR) is 115 cm³/mol. The molecule has 0 heterocycles. The molecule has 27 heavy (non-hydrogen) atoms. The van der Waals surface area contributed by atoms with Crippen LogP contribution >= 0.6 is 0 Å². The molecule has 0 aliphatic heterocycles. The van der Waals surface area contributed by atoms with Crippen LogP contribution in [0.25, 0.3) is 11.6 Å². The number of hydrogen-bond donors (Lipinski definition) is 0. The summed E-state index contributed by atoms with van der Waals surface area (Å²) in [6, 6.07) is 14.0. The first kappa shape index (κ1) is 19.9. The summed E-state index contributed by atoms with van der Waals surface area (Å²) in [7, 11) is -3.16. The van der Waals surface area contributed by atoms with Crippen molar-refractivity contribution in [3.8, 4) is 0 Å². The Labute approximate surface area is 164 Å². The van der Waals surface area contributed by atoms with Crippen molar-refractivity contribution in [3.63, 3.8) is 0 Å². The molecule has 2 aromatic rings. The summed E-state index contributed by atoms with van der Waals surface area (Å²) in [6.07, 6.45) is 5.77. The lowest BCUT2D eigenvalue weighted by Gasteiger charge is -2.42. The fourth-order valence-electron chi connectivity index (χ4n) is 3.98. The number of benzene rings is 2. The molecule has 0 bridgehead atoms. The monoisotopic (exact) mass is 382 g/mol.